The predicted molar refractivity (Wildman–Crippen MR) is 105 cm³/mol. The van der Waals surface area contributed by atoms with Gasteiger partial charge in [-0.2, -0.15) is 0 Å². The summed E-state index contributed by atoms with van der Waals surface area (Å²) in [6, 6.07) is 8.56. The van der Waals surface area contributed by atoms with Crippen LogP contribution in [0.4, 0.5) is 0 Å². The standard InChI is InChI=1S/C20H19N3O4S/c24-18(23-9-6-17-13(12-23)7-11-28-17)5-8-21-19(25)14-3-4-15(22-20(14)26)16-2-1-10-27-16/h1-4,7,10-11H,5-6,8-9,12H2,(H,21,25)(H,22,26). The minimum atomic E-state index is -0.501. The minimum Gasteiger partial charge on any atom is -0.463 e. The van der Waals surface area contributed by atoms with Crippen molar-refractivity contribution in [2.24, 2.45) is 0 Å². The molecule has 0 radical (unpaired) electrons. The summed E-state index contributed by atoms with van der Waals surface area (Å²) in [7, 11) is 0. The number of aromatic nitrogens is 1. The third-order valence-corrected chi connectivity index (χ3v) is 5.75. The second kappa shape index (κ2) is 7.85. The van der Waals surface area contributed by atoms with E-state index in [0.29, 0.717) is 24.5 Å². The van der Waals surface area contributed by atoms with Gasteiger partial charge in [0, 0.05) is 30.9 Å². The van der Waals surface area contributed by atoms with Gasteiger partial charge >= 0.3 is 0 Å². The van der Waals surface area contributed by atoms with Gasteiger partial charge in [-0.05, 0) is 47.7 Å². The summed E-state index contributed by atoms with van der Waals surface area (Å²) in [4.78, 5) is 42.6. The van der Waals surface area contributed by atoms with Gasteiger partial charge < -0.3 is 19.6 Å². The molecule has 144 valence electrons. The van der Waals surface area contributed by atoms with Crippen molar-refractivity contribution in [3.63, 3.8) is 0 Å². The number of hydrogen-bond donors (Lipinski definition) is 2. The molecule has 8 heteroatoms. The van der Waals surface area contributed by atoms with Crippen molar-refractivity contribution in [2.75, 3.05) is 13.1 Å². The molecular weight excluding hydrogens is 378 g/mol. The number of amides is 2. The second-order valence-corrected chi connectivity index (χ2v) is 7.53. The Hall–Kier alpha value is -3.13. The van der Waals surface area contributed by atoms with Gasteiger partial charge in [0.2, 0.25) is 5.91 Å². The minimum absolute atomic E-state index is 0.000716. The summed E-state index contributed by atoms with van der Waals surface area (Å²) in [5.74, 6) is 0.0167. The van der Waals surface area contributed by atoms with Gasteiger partial charge in [-0.25, -0.2) is 0 Å². The average Bonchev–Trinajstić information content (AvgIpc) is 3.38. The largest absolute Gasteiger partial charge is 0.463 e. The van der Waals surface area contributed by atoms with Crippen LogP contribution in [0.25, 0.3) is 11.5 Å². The van der Waals surface area contributed by atoms with Gasteiger partial charge in [0.15, 0.2) is 0 Å². The normalized spacial score (nSPS) is 13.2. The molecule has 0 spiro atoms. The number of fused-ring (bicyclic) bond motifs is 1. The molecule has 0 bridgehead atoms. The Morgan fingerprint density at radius 3 is 2.93 bits per heavy atom. The SMILES string of the molecule is O=C(NCCC(=O)N1CCc2sccc2C1)c1ccc(-c2ccco2)[nH]c1=O. The van der Waals surface area contributed by atoms with Crippen molar-refractivity contribution in [3.05, 3.63) is 68.3 Å². The molecular formula is C20H19N3O4S. The molecule has 0 fully saturated rings. The van der Waals surface area contributed by atoms with Crippen LogP contribution in [0.1, 0.15) is 27.2 Å². The maximum atomic E-state index is 12.4. The number of nitrogens with one attached hydrogen (secondary N) is 2. The van der Waals surface area contributed by atoms with Crippen LogP contribution in [0.2, 0.25) is 0 Å². The Balaban J connectivity index is 1.31. The van der Waals surface area contributed by atoms with Crippen LogP contribution < -0.4 is 10.9 Å². The number of aromatic amines is 1. The molecule has 1 aliphatic rings. The lowest BCUT2D eigenvalue weighted by Crippen LogP contribution is -2.38. The molecule has 0 aromatic carbocycles. The fourth-order valence-corrected chi connectivity index (χ4v) is 4.12. The molecule has 0 atom stereocenters. The summed E-state index contributed by atoms with van der Waals surface area (Å²) in [6.45, 7) is 1.51. The van der Waals surface area contributed by atoms with Crippen LogP contribution in [0.15, 0.2) is 51.2 Å². The number of thiophene rings is 1. The molecule has 28 heavy (non-hydrogen) atoms. The summed E-state index contributed by atoms with van der Waals surface area (Å²) >= 11 is 1.73. The Morgan fingerprint density at radius 1 is 1.25 bits per heavy atom. The lowest BCUT2D eigenvalue weighted by atomic mass is 10.1. The smallest absolute Gasteiger partial charge is 0.261 e. The molecule has 2 amide bonds. The van der Waals surface area contributed by atoms with E-state index in [0.717, 1.165) is 6.42 Å². The summed E-state index contributed by atoms with van der Waals surface area (Å²) < 4.78 is 5.23. The average molecular weight is 397 g/mol. The van der Waals surface area contributed by atoms with Crippen LogP contribution in [-0.4, -0.2) is 34.8 Å². The third-order valence-electron chi connectivity index (χ3n) is 4.73. The summed E-state index contributed by atoms with van der Waals surface area (Å²) in [5, 5.41) is 4.70. The van der Waals surface area contributed by atoms with E-state index in [4.69, 9.17) is 4.42 Å². The highest BCUT2D eigenvalue weighted by Crippen LogP contribution is 2.24. The molecule has 4 rings (SSSR count). The van der Waals surface area contributed by atoms with E-state index in [2.05, 4.69) is 16.4 Å². The number of hydrogen-bond acceptors (Lipinski definition) is 5. The molecule has 1 aliphatic heterocycles. The molecule has 4 heterocycles. The van der Waals surface area contributed by atoms with Crippen molar-refractivity contribution in [1.29, 1.82) is 0 Å². The lowest BCUT2D eigenvalue weighted by molar-refractivity contribution is -0.131. The van der Waals surface area contributed by atoms with E-state index in [1.165, 1.54) is 22.8 Å². The fraction of sp³-hybridized carbons (Fsp3) is 0.250. The lowest BCUT2D eigenvalue weighted by Gasteiger charge is -2.27. The van der Waals surface area contributed by atoms with Gasteiger partial charge in [-0.3, -0.25) is 14.4 Å². The predicted octanol–water partition coefficient (Wildman–Crippen LogP) is 2.40. The first-order chi connectivity index (χ1) is 13.6. The van der Waals surface area contributed by atoms with Gasteiger partial charge in [0.05, 0.1) is 12.0 Å². The number of rotatable bonds is 5. The third kappa shape index (κ3) is 3.77. The highest BCUT2D eigenvalue weighted by Gasteiger charge is 2.21. The zero-order valence-corrected chi connectivity index (χ0v) is 15.9. The van der Waals surface area contributed by atoms with Gasteiger partial charge in [-0.15, -0.1) is 11.3 Å². The van der Waals surface area contributed by atoms with Crippen LogP contribution in [0.3, 0.4) is 0 Å². The van der Waals surface area contributed by atoms with Crippen molar-refractivity contribution in [2.45, 2.75) is 19.4 Å². The van der Waals surface area contributed by atoms with E-state index in [1.54, 1.807) is 29.5 Å². The van der Waals surface area contributed by atoms with Gasteiger partial charge in [-0.1, -0.05) is 0 Å². The maximum absolute atomic E-state index is 12.4. The van der Waals surface area contributed by atoms with Crippen molar-refractivity contribution in [3.8, 4) is 11.5 Å². The maximum Gasteiger partial charge on any atom is 0.261 e. The first kappa shape index (κ1) is 18.2. The molecule has 2 N–H and O–H groups in total. The van der Waals surface area contributed by atoms with Crippen LogP contribution >= 0.6 is 11.3 Å². The molecule has 0 saturated heterocycles. The number of H-pyrrole nitrogens is 1. The fourth-order valence-electron chi connectivity index (χ4n) is 3.23. The van der Waals surface area contributed by atoms with Crippen LogP contribution in [0, 0.1) is 0 Å². The Labute approximate surface area is 165 Å². The summed E-state index contributed by atoms with van der Waals surface area (Å²) in [5.41, 5.74) is 1.21. The van der Waals surface area contributed by atoms with E-state index in [9.17, 15) is 14.4 Å². The number of carbonyl (C=O) groups is 2. The second-order valence-electron chi connectivity index (χ2n) is 6.53. The Bertz CT molecular complexity index is 1050. The number of pyridine rings is 1. The molecule has 3 aromatic rings. The molecule has 0 saturated carbocycles. The highest BCUT2D eigenvalue weighted by molar-refractivity contribution is 7.10. The Morgan fingerprint density at radius 2 is 2.14 bits per heavy atom. The van der Waals surface area contributed by atoms with Gasteiger partial charge in [0.1, 0.15) is 11.3 Å². The topological polar surface area (TPSA) is 95.4 Å². The van der Waals surface area contributed by atoms with E-state index < -0.39 is 11.5 Å². The highest BCUT2D eigenvalue weighted by atomic mass is 32.1. The molecule has 3 aromatic heterocycles. The van der Waals surface area contributed by atoms with Crippen molar-refractivity contribution >= 4 is 23.2 Å². The number of furan rings is 1. The monoisotopic (exact) mass is 397 g/mol. The zero-order valence-electron chi connectivity index (χ0n) is 15.1. The molecule has 0 aliphatic carbocycles. The Kier molecular flexibility index (Phi) is 5.12. The number of nitrogens with zero attached hydrogens (tertiary/aromatic N) is 1. The van der Waals surface area contributed by atoms with E-state index >= 15 is 0 Å². The first-order valence-electron chi connectivity index (χ1n) is 9.00. The molecule has 7 nitrogen and oxygen atoms in total. The first-order valence-corrected chi connectivity index (χ1v) is 9.88. The molecule has 0 unspecified atom stereocenters. The summed E-state index contributed by atoms with van der Waals surface area (Å²) in [6.07, 6.45) is 2.59. The van der Waals surface area contributed by atoms with Gasteiger partial charge in [0.25, 0.3) is 11.5 Å². The number of carbonyl (C=O) groups excluding carboxylic acids is 2. The quantitative estimate of drug-likeness (QED) is 0.691. The van der Waals surface area contributed by atoms with E-state index in [1.807, 2.05) is 10.3 Å². The zero-order chi connectivity index (χ0) is 19.5. The van der Waals surface area contributed by atoms with Crippen LogP contribution in [-0.2, 0) is 17.8 Å². The van der Waals surface area contributed by atoms with Crippen molar-refractivity contribution in [1.82, 2.24) is 15.2 Å². The van der Waals surface area contributed by atoms with Crippen molar-refractivity contribution < 1.29 is 14.0 Å². The van der Waals surface area contributed by atoms with Crippen LogP contribution in [0.5, 0.6) is 0 Å². The van der Waals surface area contributed by atoms with E-state index in [-0.39, 0.29) is 24.4 Å².